The Morgan fingerprint density at radius 2 is 1.83 bits per heavy atom. The summed E-state index contributed by atoms with van der Waals surface area (Å²) in [5, 5.41) is 0.665. The van der Waals surface area contributed by atoms with E-state index >= 15 is 0 Å². The van der Waals surface area contributed by atoms with Crippen LogP contribution in [0.1, 0.15) is 32.1 Å². The molecule has 0 radical (unpaired) electrons. The maximum atomic E-state index is 12.0. The minimum Gasteiger partial charge on any atom is -0.453 e. The normalized spacial score (nSPS) is 26.8. The van der Waals surface area contributed by atoms with E-state index in [2.05, 4.69) is 9.97 Å². The number of halogens is 2. The number of ether oxygens (including phenoxy) is 1. The van der Waals surface area contributed by atoms with E-state index in [1.165, 1.54) is 13.2 Å². The summed E-state index contributed by atoms with van der Waals surface area (Å²) in [5.74, 6) is 0.525. The van der Waals surface area contributed by atoms with Crippen molar-refractivity contribution in [3.05, 3.63) is 16.4 Å². The molecule has 0 aromatic carbocycles. The second kappa shape index (κ2) is 6.69. The van der Waals surface area contributed by atoms with Crippen LogP contribution in [0.3, 0.4) is 0 Å². The SMILES string of the molecule is COC(=O)N1[C@@H]2CCC[C@H]1CC(N(C)c1nc(Cl)cc(Cl)n1)C2. The molecule has 2 aliphatic rings. The molecule has 0 N–H and O–H groups in total. The van der Waals surface area contributed by atoms with Crippen molar-refractivity contribution in [3.8, 4) is 0 Å². The van der Waals surface area contributed by atoms with Gasteiger partial charge in [0.15, 0.2) is 0 Å². The Morgan fingerprint density at radius 1 is 1.26 bits per heavy atom. The Hall–Kier alpha value is -1.27. The number of hydrogen-bond acceptors (Lipinski definition) is 5. The highest BCUT2D eigenvalue weighted by Gasteiger charge is 2.42. The molecule has 8 heteroatoms. The highest BCUT2D eigenvalue weighted by atomic mass is 35.5. The Labute approximate surface area is 145 Å². The Bertz CT molecular complexity index is 567. The second-order valence-electron chi connectivity index (χ2n) is 6.17. The summed E-state index contributed by atoms with van der Waals surface area (Å²) in [6.07, 6.45) is 4.69. The first-order valence-electron chi connectivity index (χ1n) is 7.78. The molecule has 2 fully saturated rings. The van der Waals surface area contributed by atoms with Crippen LogP contribution in [0.25, 0.3) is 0 Å². The third kappa shape index (κ3) is 3.33. The molecule has 126 valence electrons. The molecule has 1 amide bonds. The van der Waals surface area contributed by atoms with E-state index < -0.39 is 0 Å². The van der Waals surface area contributed by atoms with Crippen molar-refractivity contribution in [2.75, 3.05) is 19.1 Å². The molecule has 2 bridgehead atoms. The van der Waals surface area contributed by atoms with Crippen LogP contribution in [0.5, 0.6) is 0 Å². The number of nitrogens with zero attached hydrogens (tertiary/aromatic N) is 4. The molecule has 2 aliphatic heterocycles. The van der Waals surface area contributed by atoms with Gasteiger partial charge in [0.25, 0.3) is 0 Å². The van der Waals surface area contributed by atoms with Crippen molar-refractivity contribution >= 4 is 35.2 Å². The number of rotatable bonds is 2. The number of amides is 1. The van der Waals surface area contributed by atoms with Gasteiger partial charge in [0.05, 0.1) is 7.11 Å². The fraction of sp³-hybridized carbons (Fsp3) is 0.667. The van der Waals surface area contributed by atoms with Gasteiger partial charge in [-0.05, 0) is 32.1 Å². The third-order valence-corrected chi connectivity index (χ3v) is 5.24. The molecule has 3 rings (SSSR count). The van der Waals surface area contributed by atoms with Gasteiger partial charge in [-0.1, -0.05) is 23.2 Å². The first kappa shape index (κ1) is 16.6. The zero-order valence-corrected chi connectivity index (χ0v) is 14.7. The van der Waals surface area contributed by atoms with E-state index in [4.69, 9.17) is 27.9 Å². The van der Waals surface area contributed by atoms with Gasteiger partial charge in [0, 0.05) is 31.2 Å². The van der Waals surface area contributed by atoms with Crippen molar-refractivity contribution < 1.29 is 9.53 Å². The number of fused-ring (bicyclic) bond motifs is 2. The van der Waals surface area contributed by atoms with Crippen LogP contribution in [-0.4, -0.2) is 53.2 Å². The van der Waals surface area contributed by atoms with E-state index in [1.54, 1.807) is 0 Å². The molecule has 3 atom stereocenters. The minimum atomic E-state index is -0.220. The first-order chi connectivity index (χ1) is 11.0. The summed E-state index contributed by atoms with van der Waals surface area (Å²) >= 11 is 12.0. The predicted molar refractivity (Wildman–Crippen MR) is 89.1 cm³/mol. The van der Waals surface area contributed by atoms with Crippen LogP contribution in [0.15, 0.2) is 6.07 Å². The van der Waals surface area contributed by atoms with E-state index in [0.717, 1.165) is 32.1 Å². The van der Waals surface area contributed by atoms with Gasteiger partial charge in [-0.2, -0.15) is 0 Å². The van der Waals surface area contributed by atoms with Gasteiger partial charge in [-0.25, -0.2) is 14.8 Å². The maximum Gasteiger partial charge on any atom is 0.409 e. The van der Waals surface area contributed by atoms with Crippen LogP contribution in [-0.2, 0) is 4.74 Å². The molecular formula is C15H20Cl2N4O2. The number of carbonyl (C=O) groups excluding carboxylic acids is 1. The highest BCUT2D eigenvalue weighted by Crippen LogP contribution is 2.37. The van der Waals surface area contributed by atoms with Crippen molar-refractivity contribution in [1.82, 2.24) is 14.9 Å². The molecule has 1 aromatic rings. The Kier molecular flexibility index (Phi) is 4.82. The van der Waals surface area contributed by atoms with E-state index in [9.17, 15) is 4.79 Å². The lowest BCUT2D eigenvalue weighted by atomic mass is 9.81. The summed E-state index contributed by atoms with van der Waals surface area (Å²) < 4.78 is 4.95. The first-order valence-corrected chi connectivity index (χ1v) is 8.54. The molecule has 0 saturated carbocycles. The molecule has 0 aliphatic carbocycles. The van der Waals surface area contributed by atoms with Gasteiger partial charge in [-0.3, -0.25) is 0 Å². The number of hydrogen-bond donors (Lipinski definition) is 0. The van der Waals surface area contributed by atoms with Crippen molar-refractivity contribution in [3.63, 3.8) is 0 Å². The number of methoxy groups -OCH3 is 1. The largest absolute Gasteiger partial charge is 0.453 e. The van der Waals surface area contributed by atoms with Crippen LogP contribution >= 0.6 is 23.2 Å². The van der Waals surface area contributed by atoms with Gasteiger partial charge >= 0.3 is 6.09 Å². The van der Waals surface area contributed by atoms with Gasteiger partial charge < -0.3 is 14.5 Å². The Balaban J connectivity index is 1.79. The number of carbonyl (C=O) groups is 1. The van der Waals surface area contributed by atoms with E-state index in [0.29, 0.717) is 16.3 Å². The van der Waals surface area contributed by atoms with E-state index in [1.807, 2.05) is 16.8 Å². The molecular weight excluding hydrogens is 339 g/mol. The van der Waals surface area contributed by atoms with Crippen molar-refractivity contribution in [1.29, 1.82) is 0 Å². The standard InChI is InChI=1S/C15H20Cl2N4O2/c1-20(14-18-12(16)8-13(17)19-14)11-6-9-4-3-5-10(7-11)21(9)15(22)23-2/h8-11H,3-7H2,1-2H3/t9-,10+,11?. The van der Waals surface area contributed by atoms with Crippen LogP contribution in [0.4, 0.5) is 10.7 Å². The monoisotopic (exact) mass is 358 g/mol. The van der Waals surface area contributed by atoms with Crippen molar-refractivity contribution in [2.45, 2.75) is 50.2 Å². The summed E-state index contributed by atoms with van der Waals surface area (Å²) in [6.45, 7) is 0. The average molecular weight is 359 g/mol. The van der Waals surface area contributed by atoms with Crippen LogP contribution in [0.2, 0.25) is 10.3 Å². The Morgan fingerprint density at radius 3 is 2.35 bits per heavy atom. The van der Waals surface area contributed by atoms with Gasteiger partial charge in [0.1, 0.15) is 10.3 Å². The third-order valence-electron chi connectivity index (χ3n) is 4.85. The van der Waals surface area contributed by atoms with Crippen molar-refractivity contribution in [2.24, 2.45) is 0 Å². The molecule has 1 aromatic heterocycles. The van der Waals surface area contributed by atoms with Gasteiger partial charge in [-0.15, -0.1) is 0 Å². The molecule has 23 heavy (non-hydrogen) atoms. The quantitative estimate of drug-likeness (QED) is 0.758. The van der Waals surface area contributed by atoms with Crippen LogP contribution < -0.4 is 4.90 Å². The topological polar surface area (TPSA) is 58.6 Å². The fourth-order valence-corrected chi connectivity index (χ4v) is 4.19. The second-order valence-corrected chi connectivity index (χ2v) is 6.94. The smallest absolute Gasteiger partial charge is 0.409 e. The molecule has 2 saturated heterocycles. The maximum absolute atomic E-state index is 12.0. The average Bonchev–Trinajstić information content (AvgIpc) is 2.51. The van der Waals surface area contributed by atoms with Gasteiger partial charge in [0.2, 0.25) is 5.95 Å². The lowest BCUT2D eigenvalue weighted by Crippen LogP contribution is -2.58. The number of piperidine rings is 2. The lowest BCUT2D eigenvalue weighted by Gasteiger charge is -2.49. The summed E-state index contributed by atoms with van der Waals surface area (Å²) in [6, 6.07) is 2.18. The molecule has 1 unspecified atom stereocenters. The zero-order chi connectivity index (χ0) is 16.6. The highest BCUT2D eigenvalue weighted by molar-refractivity contribution is 6.33. The fourth-order valence-electron chi connectivity index (χ4n) is 3.77. The lowest BCUT2D eigenvalue weighted by molar-refractivity contribution is 0.0260. The summed E-state index contributed by atoms with van der Waals surface area (Å²) in [7, 11) is 3.40. The minimum absolute atomic E-state index is 0.206. The number of anilines is 1. The summed E-state index contributed by atoms with van der Waals surface area (Å²) in [5.41, 5.74) is 0. The summed E-state index contributed by atoms with van der Waals surface area (Å²) in [4.78, 5) is 24.5. The number of aromatic nitrogens is 2. The zero-order valence-electron chi connectivity index (χ0n) is 13.2. The van der Waals surface area contributed by atoms with Crippen LogP contribution in [0, 0.1) is 0 Å². The molecule has 6 nitrogen and oxygen atoms in total. The van der Waals surface area contributed by atoms with E-state index in [-0.39, 0.29) is 24.2 Å². The molecule has 0 spiro atoms. The predicted octanol–water partition coefficient (Wildman–Crippen LogP) is 3.37. The molecule has 3 heterocycles.